The molecule has 3 aliphatic rings. The Kier molecular flexibility index (Phi) is 7.10. The van der Waals surface area contributed by atoms with E-state index in [9.17, 15) is 9.59 Å². The van der Waals surface area contributed by atoms with Crippen LogP contribution in [0.25, 0.3) is 10.9 Å². The summed E-state index contributed by atoms with van der Waals surface area (Å²) in [7, 11) is 1.85. The van der Waals surface area contributed by atoms with Crippen LogP contribution < -0.4 is 5.56 Å². The highest BCUT2D eigenvalue weighted by Gasteiger charge is 2.43. The number of carbonyl (C=O) groups excluding carboxylic acids is 1. The zero-order valence-electron chi connectivity index (χ0n) is 20.9. The van der Waals surface area contributed by atoms with Gasteiger partial charge in [-0.1, -0.05) is 56.7 Å². The first-order chi connectivity index (χ1) is 16.6. The number of benzene rings is 1. The molecule has 3 fully saturated rings. The molecule has 1 aliphatic heterocycles. The normalized spacial score (nSPS) is 21.7. The highest BCUT2D eigenvalue weighted by atomic mass is 16.2. The molecule has 5 rings (SSSR count). The number of hydrogen-bond acceptors (Lipinski definition) is 3. The molecule has 0 N–H and O–H groups in total. The third kappa shape index (κ3) is 4.68. The summed E-state index contributed by atoms with van der Waals surface area (Å²) in [5.74, 6) is 0.413. The van der Waals surface area contributed by atoms with Crippen LogP contribution in [-0.4, -0.2) is 45.4 Å². The Bertz CT molecular complexity index is 1060. The summed E-state index contributed by atoms with van der Waals surface area (Å²) >= 11 is 0. The summed E-state index contributed by atoms with van der Waals surface area (Å²) in [5.41, 5.74) is 1.81. The largest absolute Gasteiger partial charge is 0.336 e. The molecule has 2 heterocycles. The number of likely N-dealkylation sites (tertiary alicyclic amines) is 1. The summed E-state index contributed by atoms with van der Waals surface area (Å²) in [6.07, 6.45) is 14.3. The standard InChI is InChI=1S/C29H41N3O2/c1-30-26-15-7-6-14-24(26)20-25(27(30)33)21-31(28(34)23-12-4-2-5-13-23)22-29(16-8-9-17-29)32-18-10-3-11-19-32/h6-7,14-15,20,23H,2-5,8-13,16-19,21-22H2,1H3. The maximum atomic E-state index is 14.0. The number of para-hydroxylation sites is 1. The monoisotopic (exact) mass is 463 g/mol. The van der Waals surface area contributed by atoms with Gasteiger partial charge in [0.25, 0.3) is 5.56 Å². The minimum atomic E-state index is 0.0265. The van der Waals surface area contributed by atoms with E-state index in [1.807, 2.05) is 31.3 Å². The number of pyridine rings is 1. The minimum Gasteiger partial charge on any atom is -0.336 e. The fourth-order valence-electron chi connectivity index (χ4n) is 6.96. The van der Waals surface area contributed by atoms with Gasteiger partial charge in [0.05, 0.1) is 12.1 Å². The first-order valence-corrected chi connectivity index (χ1v) is 13.7. The van der Waals surface area contributed by atoms with Crippen LogP contribution in [0.4, 0.5) is 0 Å². The van der Waals surface area contributed by atoms with E-state index >= 15 is 0 Å². The fraction of sp³-hybridized carbons (Fsp3) is 0.655. The maximum Gasteiger partial charge on any atom is 0.255 e. The Morgan fingerprint density at radius 2 is 1.65 bits per heavy atom. The summed E-state index contributed by atoms with van der Waals surface area (Å²) in [5, 5.41) is 1.07. The zero-order valence-corrected chi connectivity index (χ0v) is 20.9. The minimum absolute atomic E-state index is 0.0265. The van der Waals surface area contributed by atoms with Gasteiger partial charge in [-0.3, -0.25) is 14.5 Å². The first-order valence-electron chi connectivity index (χ1n) is 13.7. The molecule has 2 aliphatic carbocycles. The van der Waals surface area contributed by atoms with Crippen LogP contribution in [0.2, 0.25) is 0 Å². The van der Waals surface area contributed by atoms with Gasteiger partial charge in [-0.15, -0.1) is 0 Å². The number of aromatic nitrogens is 1. The molecule has 184 valence electrons. The smallest absolute Gasteiger partial charge is 0.255 e. The van der Waals surface area contributed by atoms with Gasteiger partial charge in [-0.05, 0) is 69.1 Å². The van der Waals surface area contributed by atoms with E-state index in [1.54, 1.807) is 4.57 Å². The molecule has 34 heavy (non-hydrogen) atoms. The van der Waals surface area contributed by atoms with E-state index in [-0.39, 0.29) is 22.9 Å². The average molecular weight is 464 g/mol. The molecule has 0 bridgehead atoms. The molecule has 1 saturated heterocycles. The van der Waals surface area contributed by atoms with Gasteiger partial charge in [0.2, 0.25) is 5.91 Å². The van der Waals surface area contributed by atoms with E-state index in [1.165, 1.54) is 51.4 Å². The highest BCUT2D eigenvalue weighted by molar-refractivity contribution is 5.81. The number of piperidine rings is 1. The molecule has 1 aromatic heterocycles. The van der Waals surface area contributed by atoms with E-state index in [0.717, 1.165) is 61.8 Å². The molecule has 2 aromatic rings. The average Bonchev–Trinajstić information content (AvgIpc) is 3.37. The Morgan fingerprint density at radius 1 is 0.971 bits per heavy atom. The second kappa shape index (κ2) is 10.2. The molecule has 1 amide bonds. The van der Waals surface area contributed by atoms with Crippen molar-refractivity contribution in [3.05, 3.63) is 46.2 Å². The molecule has 0 unspecified atom stereocenters. The second-order valence-electron chi connectivity index (χ2n) is 11.1. The van der Waals surface area contributed by atoms with Crippen LogP contribution >= 0.6 is 0 Å². The number of hydrogen-bond donors (Lipinski definition) is 0. The lowest BCUT2D eigenvalue weighted by Gasteiger charge is -2.46. The van der Waals surface area contributed by atoms with Crippen molar-refractivity contribution in [2.75, 3.05) is 19.6 Å². The van der Waals surface area contributed by atoms with Gasteiger partial charge < -0.3 is 9.47 Å². The number of fused-ring (bicyclic) bond motifs is 1. The molecule has 2 saturated carbocycles. The van der Waals surface area contributed by atoms with Gasteiger partial charge in [0.15, 0.2) is 0 Å². The van der Waals surface area contributed by atoms with Crippen molar-refractivity contribution in [2.45, 2.75) is 89.1 Å². The summed E-state index contributed by atoms with van der Waals surface area (Å²) in [6, 6.07) is 10.1. The molecule has 0 radical (unpaired) electrons. The number of nitrogens with zero attached hydrogens (tertiary/aromatic N) is 3. The lowest BCUT2D eigenvalue weighted by Crippen LogP contribution is -2.57. The van der Waals surface area contributed by atoms with Crippen molar-refractivity contribution < 1.29 is 4.79 Å². The third-order valence-electron chi connectivity index (χ3n) is 8.88. The lowest BCUT2D eigenvalue weighted by molar-refractivity contribution is -0.139. The van der Waals surface area contributed by atoms with Crippen molar-refractivity contribution in [2.24, 2.45) is 13.0 Å². The summed E-state index contributed by atoms with van der Waals surface area (Å²) in [4.78, 5) is 32.1. The van der Waals surface area contributed by atoms with E-state index in [4.69, 9.17) is 0 Å². The summed E-state index contributed by atoms with van der Waals surface area (Å²) < 4.78 is 1.75. The molecule has 0 spiro atoms. The fourth-order valence-corrected chi connectivity index (χ4v) is 6.96. The topological polar surface area (TPSA) is 45.6 Å². The van der Waals surface area contributed by atoms with Gasteiger partial charge in [-0.2, -0.15) is 0 Å². The van der Waals surface area contributed by atoms with Crippen molar-refractivity contribution in [1.29, 1.82) is 0 Å². The van der Waals surface area contributed by atoms with Crippen LogP contribution in [0.3, 0.4) is 0 Å². The number of amides is 1. The van der Waals surface area contributed by atoms with Gasteiger partial charge in [0, 0.05) is 30.6 Å². The third-order valence-corrected chi connectivity index (χ3v) is 8.88. The van der Waals surface area contributed by atoms with E-state index in [2.05, 4.69) is 15.9 Å². The SMILES string of the molecule is Cn1c(=O)c(CN(CC2(N3CCCCC3)CCCC2)C(=O)C2CCCCC2)cc2ccccc21. The molecular weight excluding hydrogens is 422 g/mol. The highest BCUT2D eigenvalue weighted by Crippen LogP contribution is 2.39. The van der Waals surface area contributed by atoms with Crippen LogP contribution in [0.1, 0.15) is 82.6 Å². The van der Waals surface area contributed by atoms with Crippen LogP contribution in [-0.2, 0) is 18.4 Å². The van der Waals surface area contributed by atoms with Gasteiger partial charge in [0.1, 0.15) is 0 Å². The van der Waals surface area contributed by atoms with Crippen LogP contribution in [0, 0.1) is 5.92 Å². The number of carbonyl (C=O) groups is 1. The van der Waals surface area contributed by atoms with Crippen LogP contribution in [0.15, 0.2) is 35.1 Å². The van der Waals surface area contributed by atoms with Gasteiger partial charge >= 0.3 is 0 Å². The molecular formula is C29H41N3O2. The maximum absolute atomic E-state index is 14.0. The predicted octanol–water partition coefficient (Wildman–Crippen LogP) is 5.25. The lowest BCUT2D eigenvalue weighted by atomic mass is 9.86. The zero-order chi connectivity index (χ0) is 23.5. The Labute approximate surface area is 204 Å². The van der Waals surface area contributed by atoms with Crippen molar-refractivity contribution in [3.8, 4) is 0 Å². The Morgan fingerprint density at radius 3 is 2.38 bits per heavy atom. The van der Waals surface area contributed by atoms with Crippen molar-refractivity contribution in [1.82, 2.24) is 14.4 Å². The van der Waals surface area contributed by atoms with Crippen LogP contribution in [0.5, 0.6) is 0 Å². The quantitative estimate of drug-likeness (QED) is 0.588. The second-order valence-corrected chi connectivity index (χ2v) is 11.1. The Hall–Kier alpha value is -2.14. The molecule has 1 aromatic carbocycles. The number of rotatable bonds is 6. The Balaban J connectivity index is 1.48. The predicted molar refractivity (Wildman–Crippen MR) is 138 cm³/mol. The van der Waals surface area contributed by atoms with E-state index < -0.39 is 0 Å². The van der Waals surface area contributed by atoms with Crippen molar-refractivity contribution >= 4 is 16.8 Å². The molecule has 0 atom stereocenters. The summed E-state index contributed by atoms with van der Waals surface area (Å²) in [6.45, 7) is 3.52. The molecule has 5 heteroatoms. The number of aryl methyl sites for hydroxylation is 1. The molecule has 5 nitrogen and oxygen atoms in total. The van der Waals surface area contributed by atoms with E-state index in [0.29, 0.717) is 6.54 Å². The first kappa shape index (κ1) is 23.6. The van der Waals surface area contributed by atoms with Gasteiger partial charge in [-0.25, -0.2) is 0 Å². The van der Waals surface area contributed by atoms with Crippen molar-refractivity contribution in [3.63, 3.8) is 0 Å².